The Morgan fingerprint density at radius 3 is 2.50 bits per heavy atom. The summed E-state index contributed by atoms with van der Waals surface area (Å²) in [5.41, 5.74) is -3.55. The van der Waals surface area contributed by atoms with E-state index in [4.69, 9.17) is 4.42 Å². The number of aliphatic hydroxyl groups excluding tert-OH is 1. The van der Waals surface area contributed by atoms with Crippen molar-refractivity contribution in [3.8, 4) is 0 Å². The van der Waals surface area contributed by atoms with Gasteiger partial charge in [0.1, 0.15) is 6.10 Å². The fourth-order valence-corrected chi connectivity index (χ4v) is 2.91. The van der Waals surface area contributed by atoms with Gasteiger partial charge in [0.25, 0.3) is 0 Å². The number of hydrogen-bond donors (Lipinski definition) is 1. The van der Waals surface area contributed by atoms with Gasteiger partial charge in [-0.25, -0.2) is 0 Å². The van der Waals surface area contributed by atoms with Crippen molar-refractivity contribution < 1.29 is 31.9 Å². The second-order valence-electron chi connectivity index (χ2n) is 3.78. The first-order chi connectivity index (χ1) is 9.37. The third kappa shape index (κ3) is 3.76. The molecule has 20 heavy (non-hydrogen) atoms. The van der Waals surface area contributed by atoms with E-state index >= 15 is 0 Å². The lowest BCUT2D eigenvalue weighted by molar-refractivity contribution is -0.0432. The lowest BCUT2D eigenvalue weighted by Crippen LogP contribution is -2.33. The zero-order chi connectivity index (χ0) is 15.2. The van der Waals surface area contributed by atoms with Crippen molar-refractivity contribution in [2.75, 3.05) is 13.2 Å². The molecule has 1 rings (SSSR count). The Balaban J connectivity index is 2.91. The van der Waals surface area contributed by atoms with E-state index in [1.165, 1.54) is 38.5 Å². The van der Waals surface area contributed by atoms with Crippen LogP contribution in [0.3, 0.4) is 0 Å². The minimum absolute atomic E-state index is 0.217. The molecular weight excluding hydrogens is 293 g/mol. The van der Waals surface area contributed by atoms with E-state index in [9.17, 15) is 18.5 Å². The van der Waals surface area contributed by atoms with Gasteiger partial charge in [-0.15, -0.1) is 0 Å². The van der Waals surface area contributed by atoms with Crippen molar-refractivity contribution in [1.29, 1.82) is 0 Å². The summed E-state index contributed by atoms with van der Waals surface area (Å²) in [7, 11) is -4.74. The van der Waals surface area contributed by atoms with Gasteiger partial charge >= 0.3 is 13.3 Å². The molecule has 0 aliphatic heterocycles. The van der Waals surface area contributed by atoms with Gasteiger partial charge in [-0.3, -0.25) is 4.57 Å². The molecule has 0 spiro atoms. The molecule has 0 fully saturated rings. The Labute approximate surface area is 115 Å². The third-order valence-corrected chi connectivity index (χ3v) is 4.52. The van der Waals surface area contributed by atoms with Crippen LogP contribution in [0.2, 0.25) is 0 Å². The minimum Gasteiger partial charge on any atom is -0.472 e. The molecule has 0 bridgehead atoms. The van der Waals surface area contributed by atoms with Crippen LogP contribution in [0.15, 0.2) is 29.1 Å². The van der Waals surface area contributed by atoms with Gasteiger partial charge in [-0.05, 0) is 26.0 Å². The van der Waals surface area contributed by atoms with Crippen molar-refractivity contribution >= 4 is 13.7 Å². The smallest absolute Gasteiger partial charge is 0.402 e. The molecule has 0 aliphatic carbocycles. The molecule has 1 N–H and O–H groups in total. The summed E-state index contributed by atoms with van der Waals surface area (Å²) in [4.78, 5) is 0. The highest BCUT2D eigenvalue weighted by Crippen LogP contribution is 2.63. The maximum Gasteiger partial charge on any atom is 0.402 e. The monoisotopic (exact) mass is 310 g/mol. The van der Waals surface area contributed by atoms with E-state index in [0.29, 0.717) is 5.56 Å². The first kappa shape index (κ1) is 17.0. The summed E-state index contributed by atoms with van der Waals surface area (Å²) >= 11 is 0. The van der Waals surface area contributed by atoms with Gasteiger partial charge < -0.3 is 18.6 Å². The Kier molecular flexibility index (Phi) is 6.07. The molecule has 1 atom stereocenters. The summed E-state index contributed by atoms with van der Waals surface area (Å²) in [6.07, 6.45) is 2.41. The van der Waals surface area contributed by atoms with Gasteiger partial charge in [-0.1, -0.05) is 6.08 Å². The summed E-state index contributed by atoms with van der Waals surface area (Å²) in [6.45, 7) is 2.39. The van der Waals surface area contributed by atoms with Crippen LogP contribution in [-0.4, -0.2) is 30.1 Å². The Morgan fingerprint density at radius 2 is 2.05 bits per heavy atom. The summed E-state index contributed by atoms with van der Waals surface area (Å²) in [5.74, 6) is 0. The number of rotatable bonds is 8. The predicted molar refractivity (Wildman–Crippen MR) is 69.6 cm³/mol. The molecule has 1 aromatic heterocycles. The highest BCUT2D eigenvalue weighted by Gasteiger charge is 2.57. The summed E-state index contributed by atoms with van der Waals surface area (Å²) in [5, 5.41) is 9.57. The zero-order valence-electron chi connectivity index (χ0n) is 11.2. The molecule has 0 amide bonds. The number of hydrogen-bond acceptors (Lipinski definition) is 5. The van der Waals surface area contributed by atoms with Crippen LogP contribution in [0.1, 0.15) is 19.4 Å². The van der Waals surface area contributed by atoms with Gasteiger partial charge in [-0.2, -0.15) is 8.78 Å². The molecule has 114 valence electrons. The lowest BCUT2D eigenvalue weighted by Gasteiger charge is -2.27. The second-order valence-corrected chi connectivity index (χ2v) is 5.89. The van der Waals surface area contributed by atoms with Gasteiger partial charge in [0.15, 0.2) is 0 Å². The van der Waals surface area contributed by atoms with Crippen LogP contribution in [0, 0.1) is 0 Å². The van der Waals surface area contributed by atoms with E-state index in [2.05, 4.69) is 9.05 Å². The van der Waals surface area contributed by atoms with Crippen molar-refractivity contribution in [3.05, 3.63) is 30.2 Å². The molecule has 8 heteroatoms. The number of aliphatic hydroxyl groups is 1. The van der Waals surface area contributed by atoms with Crippen LogP contribution in [-0.2, 0) is 13.6 Å². The van der Waals surface area contributed by atoms with Gasteiger partial charge in [0.2, 0.25) is 0 Å². The molecule has 0 saturated carbocycles. The van der Waals surface area contributed by atoms with Gasteiger partial charge in [0.05, 0.1) is 25.7 Å². The quantitative estimate of drug-likeness (QED) is 0.744. The topological polar surface area (TPSA) is 68.9 Å². The second kappa shape index (κ2) is 7.13. The van der Waals surface area contributed by atoms with E-state index in [0.717, 1.165) is 6.08 Å². The number of alkyl halides is 2. The molecule has 1 heterocycles. The Bertz CT molecular complexity index is 462. The van der Waals surface area contributed by atoms with Crippen LogP contribution in [0.5, 0.6) is 0 Å². The molecule has 5 nitrogen and oxygen atoms in total. The maximum atomic E-state index is 14.0. The normalized spacial score (nSPS) is 14.8. The lowest BCUT2D eigenvalue weighted by atomic mass is 10.2. The highest BCUT2D eigenvalue weighted by molar-refractivity contribution is 7.55. The average molecular weight is 310 g/mol. The largest absolute Gasteiger partial charge is 0.472 e. The summed E-state index contributed by atoms with van der Waals surface area (Å²) < 4.78 is 54.0. The molecule has 0 aromatic carbocycles. The highest BCUT2D eigenvalue weighted by atomic mass is 31.2. The Morgan fingerprint density at radius 1 is 1.45 bits per heavy atom. The van der Waals surface area contributed by atoms with E-state index in [1.54, 1.807) is 0 Å². The first-order valence-electron chi connectivity index (χ1n) is 6.03. The van der Waals surface area contributed by atoms with Crippen LogP contribution < -0.4 is 0 Å². The molecule has 0 saturated heterocycles. The van der Waals surface area contributed by atoms with Crippen LogP contribution in [0.25, 0.3) is 6.08 Å². The molecule has 0 unspecified atom stereocenters. The van der Waals surface area contributed by atoms with Crippen LogP contribution in [0.4, 0.5) is 8.78 Å². The van der Waals surface area contributed by atoms with Crippen molar-refractivity contribution in [2.24, 2.45) is 0 Å². The number of halogens is 2. The predicted octanol–water partition coefficient (Wildman–Crippen LogP) is 3.51. The Hall–Kier alpha value is -1.01. The molecular formula is C12H17F2O5P. The molecule has 1 aromatic rings. The minimum atomic E-state index is -4.74. The zero-order valence-corrected chi connectivity index (χ0v) is 12.1. The maximum absolute atomic E-state index is 14.0. The van der Waals surface area contributed by atoms with Gasteiger partial charge in [0, 0.05) is 5.56 Å². The first-order valence-corrected chi connectivity index (χ1v) is 7.57. The van der Waals surface area contributed by atoms with E-state index < -0.39 is 19.4 Å². The SMILES string of the molecule is CCOP(=O)(OCC)C(F)(F)[C@@H](O)/C=C/c1ccoc1. The van der Waals surface area contributed by atoms with Crippen LogP contribution >= 0.6 is 7.60 Å². The van der Waals surface area contributed by atoms with E-state index in [-0.39, 0.29) is 13.2 Å². The summed E-state index contributed by atoms with van der Waals surface area (Å²) in [6, 6.07) is 1.52. The standard InChI is InChI=1S/C12H17F2O5P/c1-3-18-20(16,19-4-2)12(13,14)11(15)6-5-10-7-8-17-9-10/h5-9,11,15H,3-4H2,1-2H3/b6-5+/t11-/m0/s1. The van der Waals surface area contributed by atoms with Crippen molar-refractivity contribution in [2.45, 2.75) is 25.6 Å². The van der Waals surface area contributed by atoms with Crippen molar-refractivity contribution in [3.63, 3.8) is 0 Å². The number of furan rings is 1. The van der Waals surface area contributed by atoms with Crippen molar-refractivity contribution in [1.82, 2.24) is 0 Å². The third-order valence-electron chi connectivity index (χ3n) is 2.33. The van der Waals surface area contributed by atoms with E-state index in [1.807, 2.05) is 0 Å². The fraction of sp³-hybridized carbons (Fsp3) is 0.500. The molecule has 0 aliphatic rings. The fourth-order valence-electron chi connectivity index (χ4n) is 1.40. The molecule has 0 radical (unpaired) electrons. The average Bonchev–Trinajstić information content (AvgIpc) is 2.89.